The fourth-order valence-electron chi connectivity index (χ4n) is 3.08. The van der Waals surface area contributed by atoms with Crippen LogP contribution in [0.15, 0.2) is 60.7 Å². The Morgan fingerprint density at radius 2 is 1.54 bits per heavy atom. The number of hydrogen-bond donors (Lipinski definition) is 2. The predicted octanol–water partition coefficient (Wildman–Crippen LogP) is 4.25. The predicted molar refractivity (Wildman–Crippen MR) is 112 cm³/mol. The van der Waals surface area contributed by atoms with Gasteiger partial charge in [-0.25, -0.2) is 8.42 Å². The third kappa shape index (κ3) is 4.34. The summed E-state index contributed by atoms with van der Waals surface area (Å²) < 4.78 is 25.2. The Morgan fingerprint density at radius 1 is 0.929 bits per heavy atom. The molecular formula is C22H24N2O3S. The Kier molecular flexibility index (Phi) is 5.17. The molecule has 0 bridgehead atoms. The smallest absolute Gasteiger partial charge is 0.229 e. The van der Waals surface area contributed by atoms with Gasteiger partial charge in [-0.2, -0.15) is 0 Å². The van der Waals surface area contributed by atoms with Crippen LogP contribution in [0.5, 0.6) is 0 Å². The van der Waals surface area contributed by atoms with Crippen molar-refractivity contribution >= 4 is 21.5 Å². The molecule has 3 rings (SSSR count). The molecule has 0 aliphatic carbocycles. The van der Waals surface area contributed by atoms with Crippen molar-refractivity contribution in [1.82, 2.24) is 4.98 Å². The number of hydrogen-bond acceptors (Lipinski definition) is 3. The number of H-pyrrole nitrogens is 1. The molecule has 0 saturated carbocycles. The number of sulfonamides is 1. The van der Waals surface area contributed by atoms with E-state index in [-0.39, 0.29) is 11.2 Å². The van der Waals surface area contributed by atoms with Crippen LogP contribution in [0.4, 0.5) is 5.69 Å². The number of ketones is 1. The number of aromatic nitrogens is 1. The van der Waals surface area contributed by atoms with Gasteiger partial charge in [0.1, 0.15) is 0 Å². The lowest BCUT2D eigenvalue weighted by Crippen LogP contribution is -2.20. The molecule has 0 aliphatic heterocycles. The number of carbonyl (C=O) groups excluding carboxylic acids is 1. The van der Waals surface area contributed by atoms with Crippen molar-refractivity contribution in [2.75, 3.05) is 11.0 Å². The van der Waals surface area contributed by atoms with Gasteiger partial charge in [0.2, 0.25) is 15.8 Å². The Bertz CT molecular complexity index is 1090. The molecule has 2 aromatic carbocycles. The zero-order valence-corrected chi connectivity index (χ0v) is 17.2. The van der Waals surface area contributed by atoms with Crippen molar-refractivity contribution in [3.05, 3.63) is 88.7 Å². The second kappa shape index (κ2) is 7.28. The van der Waals surface area contributed by atoms with Crippen molar-refractivity contribution in [1.29, 1.82) is 0 Å². The zero-order chi connectivity index (χ0) is 20.5. The summed E-state index contributed by atoms with van der Waals surface area (Å²) >= 11 is 0. The molecule has 5 nitrogen and oxygen atoms in total. The van der Waals surface area contributed by atoms with Gasteiger partial charge in [-0.3, -0.25) is 9.52 Å². The van der Waals surface area contributed by atoms with Gasteiger partial charge >= 0.3 is 0 Å². The van der Waals surface area contributed by atoms with E-state index in [4.69, 9.17) is 0 Å². The first-order valence-corrected chi connectivity index (χ1v) is 10.8. The van der Waals surface area contributed by atoms with Gasteiger partial charge in [-0.1, -0.05) is 55.8 Å². The van der Waals surface area contributed by atoms with Crippen LogP contribution >= 0.6 is 0 Å². The van der Waals surface area contributed by atoms with E-state index in [0.29, 0.717) is 16.9 Å². The number of carbonyl (C=O) groups is 1. The number of anilines is 1. The van der Waals surface area contributed by atoms with E-state index in [1.54, 1.807) is 18.2 Å². The Hall–Kier alpha value is -2.86. The van der Waals surface area contributed by atoms with E-state index in [1.807, 2.05) is 49.4 Å². The Balaban J connectivity index is 1.84. The molecule has 0 unspecified atom stereocenters. The van der Waals surface area contributed by atoms with Crippen LogP contribution in [-0.2, 0) is 15.4 Å². The monoisotopic (exact) mass is 396 g/mol. The topological polar surface area (TPSA) is 79.0 Å². The summed E-state index contributed by atoms with van der Waals surface area (Å²) in [4.78, 5) is 16.0. The first kappa shape index (κ1) is 19.9. The van der Waals surface area contributed by atoms with Crippen LogP contribution in [-0.4, -0.2) is 25.4 Å². The fraction of sp³-hybridized carbons (Fsp3) is 0.227. The maximum absolute atomic E-state index is 12.7. The molecule has 0 saturated heterocycles. The highest BCUT2D eigenvalue weighted by atomic mass is 32.2. The highest BCUT2D eigenvalue weighted by molar-refractivity contribution is 7.92. The lowest BCUT2D eigenvalue weighted by Gasteiger charge is -2.24. The second-order valence-corrected chi connectivity index (χ2v) is 9.31. The molecule has 1 aromatic heterocycles. The van der Waals surface area contributed by atoms with Crippen molar-refractivity contribution in [2.45, 2.75) is 26.2 Å². The Labute approximate surface area is 165 Å². The molecule has 1 heterocycles. The molecule has 0 fully saturated rings. The lowest BCUT2D eigenvalue weighted by molar-refractivity contribution is 0.103. The van der Waals surface area contributed by atoms with E-state index in [2.05, 4.69) is 23.6 Å². The minimum absolute atomic E-state index is 0.0465. The summed E-state index contributed by atoms with van der Waals surface area (Å²) in [6.07, 6.45) is 1.12. The highest BCUT2D eigenvalue weighted by Gasteiger charge is 2.26. The third-order valence-corrected chi connectivity index (χ3v) is 5.43. The van der Waals surface area contributed by atoms with Crippen molar-refractivity contribution in [3.63, 3.8) is 0 Å². The third-order valence-electron chi connectivity index (χ3n) is 4.83. The SMILES string of the molecule is Cc1ccc(C(=O)c2ccc(C(C)(C)c3ccc(NS(C)(=O)=O)cc3)[nH]2)cc1. The van der Waals surface area contributed by atoms with E-state index >= 15 is 0 Å². The minimum atomic E-state index is -3.31. The van der Waals surface area contributed by atoms with E-state index in [0.717, 1.165) is 23.1 Å². The van der Waals surface area contributed by atoms with Crippen LogP contribution in [0, 0.1) is 6.92 Å². The van der Waals surface area contributed by atoms with E-state index in [1.165, 1.54) is 0 Å². The van der Waals surface area contributed by atoms with Crippen molar-refractivity contribution < 1.29 is 13.2 Å². The maximum Gasteiger partial charge on any atom is 0.229 e. The van der Waals surface area contributed by atoms with Crippen LogP contribution in [0.1, 0.15) is 46.7 Å². The van der Waals surface area contributed by atoms with Gasteiger partial charge < -0.3 is 4.98 Å². The van der Waals surface area contributed by atoms with Crippen LogP contribution in [0.3, 0.4) is 0 Å². The number of aryl methyl sites for hydroxylation is 1. The van der Waals surface area contributed by atoms with Gasteiger partial charge in [-0.15, -0.1) is 0 Å². The quantitative estimate of drug-likeness (QED) is 0.611. The summed E-state index contributed by atoms with van der Waals surface area (Å²) in [7, 11) is -3.31. The minimum Gasteiger partial charge on any atom is -0.355 e. The molecule has 28 heavy (non-hydrogen) atoms. The molecule has 0 aliphatic rings. The molecule has 0 radical (unpaired) electrons. The molecule has 0 spiro atoms. The van der Waals surface area contributed by atoms with Gasteiger partial charge in [0.05, 0.1) is 11.9 Å². The molecule has 2 N–H and O–H groups in total. The summed E-state index contributed by atoms with van der Waals surface area (Å²) in [5.74, 6) is -0.0465. The fourth-order valence-corrected chi connectivity index (χ4v) is 3.64. The molecule has 6 heteroatoms. The van der Waals surface area contributed by atoms with Gasteiger partial charge in [0, 0.05) is 22.4 Å². The summed E-state index contributed by atoms with van der Waals surface area (Å²) in [5, 5.41) is 0. The van der Waals surface area contributed by atoms with Gasteiger partial charge in [0.15, 0.2) is 0 Å². The standard InChI is InChI=1S/C22H24N2O3S/c1-15-5-7-16(8-6-15)21(25)19-13-14-20(23-19)22(2,3)17-9-11-18(12-10-17)24-28(4,26)27/h5-14,23-24H,1-4H3. The number of rotatable bonds is 6. The molecule has 0 amide bonds. The molecule has 0 atom stereocenters. The normalized spacial score (nSPS) is 12.0. The first-order chi connectivity index (χ1) is 13.1. The highest BCUT2D eigenvalue weighted by Crippen LogP contribution is 2.32. The van der Waals surface area contributed by atoms with E-state index in [9.17, 15) is 13.2 Å². The Morgan fingerprint density at radius 3 is 2.11 bits per heavy atom. The number of nitrogens with one attached hydrogen (secondary N) is 2. The summed E-state index contributed by atoms with van der Waals surface area (Å²) in [5.41, 5.74) is 4.35. The first-order valence-electron chi connectivity index (χ1n) is 8.95. The average molecular weight is 397 g/mol. The zero-order valence-electron chi connectivity index (χ0n) is 16.4. The molecule has 146 valence electrons. The molecular weight excluding hydrogens is 372 g/mol. The lowest BCUT2D eigenvalue weighted by atomic mass is 9.81. The summed E-state index contributed by atoms with van der Waals surface area (Å²) in [6.45, 7) is 6.09. The molecule has 3 aromatic rings. The second-order valence-electron chi connectivity index (χ2n) is 7.56. The largest absolute Gasteiger partial charge is 0.355 e. The van der Waals surface area contributed by atoms with Crippen LogP contribution < -0.4 is 4.72 Å². The van der Waals surface area contributed by atoms with Crippen molar-refractivity contribution in [2.24, 2.45) is 0 Å². The van der Waals surface area contributed by atoms with Crippen LogP contribution in [0.2, 0.25) is 0 Å². The number of benzene rings is 2. The summed E-state index contributed by atoms with van der Waals surface area (Å²) in [6, 6.07) is 18.5. The number of aromatic amines is 1. The van der Waals surface area contributed by atoms with Crippen LogP contribution in [0.25, 0.3) is 0 Å². The average Bonchev–Trinajstić information content (AvgIpc) is 3.12. The maximum atomic E-state index is 12.7. The van der Waals surface area contributed by atoms with Gasteiger partial charge in [0.25, 0.3) is 0 Å². The van der Waals surface area contributed by atoms with E-state index < -0.39 is 10.0 Å². The van der Waals surface area contributed by atoms with Crippen molar-refractivity contribution in [3.8, 4) is 0 Å². The van der Waals surface area contributed by atoms with Gasteiger partial charge in [-0.05, 0) is 36.8 Å².